The van der Waals surface area contributed by atoms with Crippen molar-refractivity contribution in [2.75, 3.05) is 20.2 Å². The molecule has 1 unspecified atom stereocenters. The summed E-state index contributed by atoms with van der Waals surface area (Å²) in [6, 6.07) is 3.76. The summed E-state index contributed by atoms with van der Waals surface area (Å²) in [6.45, 7) is 5.02. The van der Waals surface area contributed by atoms with Gasteiger partial charge in [0.15, 0.2) is 5.78 Å². The van der Waals surface area contributed by atoms with E-state index >= 15 is 0 Å². The van der Waals surface area contributed by atoms with Crippen LogP contribution in [0.3, 0.4) is 0 Å². The summed E-state index contributed by atoms with van der Waals surface area (Å²) in [6.07, 6.45) is 8.09. The molecule has 6 nitrogen and oxygen atoms in total. The van der Waals surface area contributed by atoms with Gasteiger partial charge in [-0.15, -0.1) is 0 Å². The van der Waals surface area contributed by atoms with Gasteiger partial charge in [-0.2, -0.15) is 0 Å². The molecular formula is C21H25N3O3. The van der Waals surface area contributed by atoms with Crippen LogP contribution in [-0.2, 0) is 4.79 Å². The van der Waals surface area contributed by atoms with Gasteiger partial charge in [0.25, 0.3) is 0 Å². The molecule has 6 heteroatoms. The molecule has 0 saturated carbocycles. The molecule has 1 aliphatic rings. The van der Waals surface area contributed by atoms with E-state index in [4.69, 9.17) is 4.74 Å². The Morgan fingerprint density at radius 1 is 1.30 bits per heavy atom. The number of benzene rings is 1. The highest BCUT2D eigenvalue weighted by atomic mass is 16.5. The number of Topliss-reactive ketones (excluding diaryl/α,β-unsaturated/α-hetero) is 1. The summed E-state index contributed by atoms with van der Waals surface area (Å²) in [5, 5.41) is 0. The summed E-state index contributed by atoms with van der Waals surface area (Å²) >= 11 is 0. The van der Waals surface area contributed by atoms with Crippen LogP contribution in [0, 0.1) is 19.8 Å². The number of nitrogens with zero attached hydrogens (tertiary/aromatic N) is 2. The van der Waals surface area contributed by atoms with Crippen LogP contribution in [0.5, 0.6) is 5.75 Å². The summed E-state index contributed by atoms with van der Waals surface area (Å²) < 4.78 is 5.38. The highest BCUT2D eigenvalue weighted by molar-refractivity contribution is 5.99. The van der Waals surface area contributed by atoms with E-state index in [0.717, 1.165) is 35.4 Å². The fraction of sp³-hybridized carbons (Fsp3) is 0.381. The SMILES string of the molecule is COc1c(C)cc(C(=O)C2CCCN(C(=O)/C=C/c3cnc[nH]3)C2)cc1C. The van der Waals surface area contributed by atoms with Gasteiger partial charge >= 0.3 is 0 Å². The molecule has 0 aliphatic carbocycles. The molecule has 1 N–H and O–H groups in total. The molecular weight excluding hydrogens is 342 g/mol. The van der Waals surface area contributed by atoms with Crippen LogP contribution in [0.25, 0.3) is 6.08 Å². The number of aryl methyl sites for hydroxylation is 2. The maximum absolute atomic E-state index is 13.0. The number of imidazole rings is 1. The number of methoxy groups -OCH3 is 1. The second kappa shape index (κ2) is 8.20. The Bertz CT molecular complexity index is 833. The maximum atomic E-state index is 13.0. The van der Waals surface area contributed by atoms with E-state index in [0.29, 0.717) is 18.7 Å². The largest absolute Gasteiger partial charge is 0.496 e. The minimum absolute atomic E-state index is 0.0795. The van der Waals surface area contributed by atoms with E-state index in [-0.39, 0.29) is 17.6 Å². The predicted molar refractivity (Wildman–Crippen MR) is 104 cm³/mol. The molecule has 1 saturated heterocycles. The number of ketones is 1. The Kier molecular flexibility index (Phi) is 5.74. The molecule has 142 valence electrons. The van der Waals surface area contributed by atoms with Gasteiger partial charge in [0.1, 0.15) is 5.75 Å². The third-order valence-electron chi connectivity index (χ3n) is 4.98. The Labute approximate surface area is 159 Å². The zero-order valence-corrected chi connectivity index (χ0v) is 16.0. The summed E-state index contributed by atoms with van der Waals surface area (Å²) in [7, 11) is 1.64. The number of aromatic amines is 1. The van der Waals surface area contributed by atoms with Crippen LogP contribution in [0.15, 0.2) is 30.7 Å². The van der Waals surface area contributed by atoms with E-state index in [1.807, 2.05) is 26.0 Å². The van der Waals surface area contributed by atoms with E-state index < -0.39 is 0 Å². The normalized spacial score (nSPS) is 17.3. The van der Waals surface area contributed by atoms with Crippen LogP contribution in [0.4, 0.5) is 0 Å². The Balaban J connectivity index is 1.70. The van der Waals surface area contributed by atoms with Crippen LogP contribution in [0.2, 0.25) is 0 Å². The molecule has 27 heavy (non-hydrogen) atoms. The van der Waals surface area contributed by atoms with Gasteiger partial charge in [0, 0.05) is 30.6 Å². The zero-order chi connectivity index (χ0) is 19.4. The monoisotopic (exact) mass is 367 g/mol. The van der Waals surface area contributed by atoms with E-state index in [1.54, 1.807) is 30.6 Å². The van der Waals surface area contributed by atoms with Crippen molar-refractivity contribution in [3.63, 3.8) is 0 Å². The third kappa shape index (κ3) is 4.27. The van der Waals surface area contributed by atoms with Crippen molar-refractivity contribution in [3.05, 3.63) is 53.1 Å². The molecule has 1 amide bonds. The van der Waals surface area contributed by atoms with Crippen molar-refractivity contribution in [3.8, 4) is 5.75 Å². The lowest BCUT2D eigenvalue weighted by Crippen LogP contribution is -2.41. The van der Waals surface area contributed by atoms with Crippen molar-refractivity contribution in [2.45, 2.75) is 26.7 Å². The molecule has 2 heterocycles. The Morgan fingerprint density at radius 2 is 2.04 bits per heavy atom. The average Bonchev–Trinajstić information content (AvgIpc) is 3.19. The lowest BCUT2D eigenvalue weighted by molar-refractivity contribution is -0.127. The van der Waals surface area contributed by atoms with Crippen molar-refractivity contribution in [2.24, 2.45) is 5.92 Å². The highest BCUT2D eigenvalue weighted by Crippen LogP contribution is 2.27. The fourth-order valence-corrected chi connectivity index (χ4v) is 3.67. The molecule has 1 aromatic heterocycles. The molecule has 1 fully saturated rings. The van der Waals surface area contributed by atoms with Crippen molar-refractivity contribution in [1.29, 1.82) is 0 Å². The molecule has 1 aromatic carbocycles. The number of carbonyl (C=O) groups is 2. The number of ether oxygens (including phenoxy) is 1. The minimum Gasteiger partial charge on any atom is -0.496 e. The summed E-state index contributed by atoms with van der Waals surface area (Å²) in [4.78, 5) is 34.1. The Morgan fingerprint density at radius 3 is 2.67 bits per heavy atom. The lowest BCUT2D eigenvalue weighted by atomic mass is 9.88. The van der Waals surface area contributed by atoms with Crippen LogP contribution >= 0.6 is 0 Å². The van der Waals surface area contributed by atoms with E-state index in [9.17, 15) is 9.59 Å². The van der Waals surface area contributed by atoms with Crippen LogP contribution in [0.1, 0.15) is 40.0 Å². The number of nitrogens with one attached hydrogen (secondary N) is 1. The molecule has 3 rings (SSSR count). The van der Waals surface area contributed by atoms with Gasteiger partial charge in [-0.3, -0.25) is 9.59 Å². The number of carbonyl (C=O) groups excluding carboxylic acids is 2. The Hall–Kier alpha value is -2.89. The number of likely N-dealkylation sites (tertiary alicyclic amines) is 1. The van der Waals surface area contributed by atoms with Gasteiger partial charge in [-0.25, -0.2) is 4.98 Å². The van der Waals surface area contributed by atoms with Crippen molar-refractivity contribution in [1.82, 2.24) is 14.9 Å². The van der Waals surface area contributed by atoms with Gasteiger partial charge < -0.3 is 14.6 Å². The van der Waals surface area contributed by atoms with Gasteiger partial charge in [-0.1, -0.05) is 0 Å². The quantitative estimate of drug-likeness (QED) is 0.651. The molecule has 0 radical (unpaired) electrons. The average molecular weight is 367 g/mol. The number of H-pyrrole nitrogens is 1. The number of aromatic nitrogens is 2. The molecule has 0 spiro atoms. The number of rotatable bonds is 5. The lowest BCUT2D eigenvalue weighted by Gasteiger charge is -2.31. The first-order valence-electron chi connectivity index (χ1n) is 9.14. The molecule has 1 aliphatic heterocycles. The number of hydrogen-bond acceptors (Lipinski definition) is 4. The van der Waals surface area contributed by atoms with Crippen LogP contribution < -0.4 is 4.74 Å². The van der Waals surface area contributed by atoms with E-state index in [2.05, 4.69) is 9.97 Å². The number of piperidine rings is 1. The summed E-state index contributed by atoms with van der Waals surface area (Å²) in [5.41, 5.74) is 3.37. The van der Waals surface area contributed by atoms with Crippen molar-refractivity contribution < 1.29 is 14.3 Å². The first-order valence-corrected chi connectivity index (χ1v) is 9.14. The number of hydrogen-bond donors (Lipinski definition) is 1. The van der Waals surface area contributed by atoms with Crippen LogP contribution in [-0.4, -0.2) is 46.8 Å². The zero-order valence-electron chi connectivity index (χ0n) is 16.0. The second-order valence-corrected chi connectivity index (χ2v) is 6.97. The first kappa shape index (κ1) is 18.9. The van der Waals surface area contributed by atoms with Gasteiger partial charge in [0.2, 0.25) is 5.91 Å². The first-order chi connectivity index (χ1) is 13.0. The smallest absolute Gasteiger partial charge is 0.246 e. The topological polar surface area (TPSA) is 75.3 Å². The minimum atomic E-state index is -0.171. The van der Waals surface area contributed by atoms with Crippen molar-refractivity contribution >= 4 is 17.8 Å². The maximum Gasteiger partial charge on any atom is 0.246 e. The van der Waals surface area contributed by atoms with Gasteiger partial charge in [0.05, 0.1) is 25.3 Å². The molecule has 1 atom stereocenters. The fourth-order valence-electron chi connectivity index (χ4n) is 3.67. The van der Waals surface area contributed by atoms with E-state index in [1.165, 1.54) is 6.08 Å². The second-order valence-electron chi connectivity index (χ2n) is 6.97. The molecule has 2 aromatic rings. The third-order valence-corrected chi connectivity index (χ3v) is 4.98. The predicted octanol–water partition coefficient (Wildman–Crippen LogP) is 3.17. The standard InChI is InChI=1S/C21H25N3O3/c1-14-9-17(10-15(2)21(14)27-3)20(26)16-5-4-8-24(12-16)19(25)7-6-18-11-22-13-23-18/h6-7,9-11,13,16H,4-5,8,12H2,1-3H3,(H,22,23)/b7-6+. The highest BCUT2D eigenvalue weighted by Gasteiger charge is 2.28. The van der Waals surface area contributed by atoms with Gasteiger partial charge in [-0.05, 0) is 56.0 Å². The number of amides is 1. The summed E-state index contributed by atoms with van der Waals surface area (Å²) in [5.74, 6) is 0.662. The molecule has 0 bridgehead atoms.